The molecule has 6 heteroatoms. The summed E-state index contributed by atoms with van der Waals surface area (Å²) >= 11 is 0. The van der Waals surface area contributed by atoms with E-state index in [0.717, 1.165) is 17.8 Å². The van der Waals surface area contributed by atoms with Crippen molar-refractivity contribution in [3.63, 3.8) is 0 Å². The van der Waals surface area contributed by atoms with Crippen LogP contribution in [0.3, 0.4) is 0 Å². The van der Waals surface area contributed by atoms with Crippen molar-refractivity contribution in [1.82, 2.24) is 19.6 Å². The van der Waals surface area contributed by atoms with Gasteiger partial charge >= 0.3 is 0 Å². The van der Waals surface area contributed by atoms with E-state index in [1.807, 2.05) is 58.8 Å². The number of amides is 2. The standard InChI is InChI=1S/C21H22N4O2/c1-15-20(23-18-9-5-6-11-25(15)18)21(27)22-17-13-19(26)24(14-17)12-10-16-7-3-2-4-8-16/h2-9,11,17H,10,12-14H2,1H3,(H,22,27). The van der Waals surface area contributed by atoms with Crippen LogP contribution in [0.15, 0.2) is 54.7 Å². The van der Waals surface area contributed by atoms with E-state index in [9.17, 15) is 9.59 Å². The first-order valence-corrected chi connectivity index (χ1v) is 9.18. The van der Waals surface area contributed by atoms with Crippen LogP contribution in [0.5, 0.6) is 0 Å². The van der Waals surface area contributed by atoms with E-state index >= 15 is 0 Å². The van der Waals surface area contributed by atoms with E-state index < -0.39 is 0 Å². The number of carbonyl (C=O) groups excluding carboxylic acids is 2. The monoisotopic (exact) mass is 362 g/mol. The summed E-state index contributed by atoms with van der Waals surface area (Å²) in [5.74, 6) is -0.137. The summed E-state index contributed by atoms with van der Waals surface area (Å²) in [5.41, 5.74) is 3.16. The van der Waals surface area contributed by atoms with Gasteiger partial charge < -0.3 is 14.6 Å². The molecule has 1 aliphatic heterocycles. The third-order valence-corrected chi connectivity index (χ3v) is 5.05. The van der Waals surface area contributed by atoms with Gasteiger partial charge in [-0.3, -0.25) is 9.59 Å². The van der Waals surface area contributed by atoms with Crippen LogP contribution < -0.4 is 5.32 Å². The molecular weight excluding hydrogens is 340 g/mol. The number of benzene rings is 1. The Morgan fingerprint density at radius 1 is 1.19 bits per heavy atom. The van der Waals surface area contributed by atoms with Gasteiger partial charge in [-0.15, -0.1) is 0 Å². The van der Waals surface area contributed by atoms with Crippen LogP contribution in [0.1, 0.15) is 28.2 Å². The smallest absolute Gasteiger partial charge is 0.272 e. The summed E-state index contributed by atoms with van der Waals surface area (Å²) in [4.78, 5) is 31.2. The molecule has 0 bridgehead atoms. The molecule has 3 aromatic rings. The highest BCUT2D eigenvalue weighted by Gasteiger charge is 2.31. The minimum Gasteiger partial charge on any atom is -0.346 e. The van der Waals surface area contributed by atoms with Crippen molar-refractivity contribution in [3.05, 3.63) is 71.7 Å². The van der Waals surface area contributed by atoms with Gasteiger partial charge in [0, 0.05) is 25.7 Å². The second kappa shape index (κ2) is 7.23. The fourth-order valence-electron chi connectivity index (χ4n) is 3.58. The lowest BCUT2D eigenvalue weighted by molar-refractivity contribution is -0.127. The Hall–Kier alpha value is -3.15. The van der Waals surface area contributed by atoms with Crippen LogP contribution >= 0.6 is 0 Å². The molecule has 138 valence electrons. The molecule has 4 rings (SSSR count). The summed E-state index contributed by atoms with van der Waals surface area (Å²) < 4.78 is 1.89. The van der Waals surface area contributed by atoms with Gasteiger partial charge in [0.05, 0.1) is 11.7 Å². The molecule has 1 atom stereocenters. The maximum atomic E-state index is 12.7. The van der Waals surface area contributed by atoms with Gasteiger partial charge in [0.25, 0.3) is 5.91 Å². The highest BCUT2D eigenvalue weighted by atomic mass is 16.2. The van der Waals surface area contributed by atoms with Crippen LogP contribution in [0.2, 0.25) is 0 Å². The van der Waals surface area contributed by atoms with Crippen molar-refractivity contribution in [2.24, 2.45) is 0 Å². The second-order valence-corrected chi connectivity index (χ2v) is 6.92. The number of hydrogen-bond donors (Lipinski definition) is 1. The first-order valence-electron chi connectivity index (χ1n) is 9.18. The average Bonchev–Trinajstić information content (AvgIpc) is 3.21. The number of likely N-dealkylation sites (tertiary alicyclic amines) is 1. The summed E-state index contributed by atoms with van der Waals surface area (Å²) in [6, 6.07) is 15.6. The number of pyridine rings is 1. The minimum atomic E-state index is -0.223. The summed E-state index contributed by atoms with van der Waals surface area (Å²) in [6.07, 6.45) is 3.05. The van der Waals surface area contributed by atoms with Crippen molar-refractivity contribution in [2.45, 2.75) is 25.8 Å². The zero-order valence-electron chi connectivity index (χ0n) is 15.3. The van der Waals surface area contributed by atoms with Crippen molar-refractivity contribution >= 4 is 17.5 Å². The second-order valence-electron chi connectivity index (χ2n) is 6.92. The molecule has 0 saturated carbocycles. The molecular formula is C21H22N4O2. The molecule has 0 radical (unpaired) electrons. The topological polar surface area (TPSA) is 66.7 Å². The van der Waals surface area contributed by atoms with E-state index in [1.54, 1.807) is 0 Å². The Kier molecular flexibility index (Phi) is 4.62. The van der Waals surface area contributed by atoms with Gasteiger partial charge in [-0.05, 0) is 31.0 Å². The van der Waals surface area contributed by atoms with E-state index in [0.29, 0.717) is 25.2 Å². The Morgan fingerprint density at radius 2 is 1.96 bits per heavy atom. The first-order chi connectivity index (χ1) is 13.1. The predicted octanol–water partition coefficient (Wildman–Crippen LogP) is 2.22. The van der Waals surface area contributed by atoms with E-state index in [4.69, 9.17) is 0 Å². The normalized spacial score (nSPS) is 16.9. The maximum absolute atomic E-state index is 12.7. The molecule has 0 aliphatic carbocycles. The molecule has 1 saturated heterocycles. The number of hydrogen-bond acceptors (Lipinski definition) is 3. The van der Waals surface area contributed by atoms with Crippen LogP contribution in [-0.4, -0.2) is 45.2 Å². The zero-order valence-corrected chi connectivity index (χ0v) is 15.3. The molecule has 1 aromatic carbocycles. The molecule has 6 nitrogen and oxygen atoms in total. The zero-order chi connectivity index (χ0) is 18.8. The summed E-state index contributed by atoms with van der Waals surface area (Å²) in [6.45, 7) is 3.09. The van der Waals surface area contributed by atoms with Gasteiger partial charge in [0.1, 0.15) is 11.3 Å². The Balaban J connectivity index is 1.39. The molecule has 2 amide bonds. The van der Waals surface area contributed by atoms with Crippen LogP contribution in [0.25, 0.3) is 5.65 Å². The van der Waals surface area contributed by atoms with E-state index in [1.165, 1.54) is 5.56 Å². The Bertz CT molecular complexity index is 980. The van der Waals surface area contributed by atoms with Gasteiger partial charge in [-0.25, -0.2) is 4.98 Å². The average molecular weight is 362 g/mol. The largest absolute Gasteiger partial charge is 0.346 e. The van der Waals surface area contributed by atoms with E-state index in [-0.39, 0.29) is 17.9 Å². The van der Waals surface area contributed by atoms with Crippen LogP contribution in [0, 0.1) is 6.92 Å². The van der Waals surface area contributed by atoms with E-state index in [2.05, 4.69) is 22.4 Å². The molecule has 1 aliphatic rings. The molecule has 0 spiro atoms. The Morgan fingerprint density at radius 3 is 2.74 bits per heavy atom. The van der Waals surface area contributed by atoms with Gasteiger partial charge in [-0.2, -0.15) is 0 Å². The van der Waals surface area contributed by atoms with Crippen LogP contribution in [-0.2, 0) is 11.2 Å². The number of fused-ring (bicyclic) bond motifs is 1. The lowest BCUT2D eigenvalue weighted by Crippen LogP contribution is -2.38. The van der Waals surface area contributed by atoms with Crippen molar-refractivity contribution in [3.8, 4) is 0 Å². The quantitative estimate of drug-likeness (QED) is 0.757. The summed E-state index contributed by atoms with van der Waals surface area (Å²) in [7, 11) is 0. The van der Waals surface area contributed by atoms with Gasteiger partial charge in [0.2, 0.25) is 5.91 Å². The third-order valence-electron chi connectivity index (χ3n) is 5.05. The first kappa shape index (κ1) is 17.3. The molecule has 27 heavy (non-hydrogen) atoms. The number of aromatic nitrogens is 2. The molecule has 3 heterocycles. The summed E-state index contributed by atoms with van der Waals surface area (Å²) in [5, 5.41) is 2.98. The fourth-order valence-corrected chi connectivity index (χ4v) is 3.58. The van der Waals surface area contributed by atoms with Crippen molar-refractivity contribution in [2.75, 3.05) is 13.1 Å². The number of nitrogens with one attached hydrogen (secondary N) is 1. The number of aryl methyl sites for hydroxylation is 1. The number of nitrogens with zero attached hydrogens (tertiary/aromatic N) is 3. The highest BCUT2D eigenvalue weighted by molar-refractivity contribution is 5.95. The van der Waals surface area contributed by atoms with Crippen LogP contribution in [0.4, 0.5) is 0 Å². The molecule has 2 aromatic heterocycles. The SMILES string of the molecule is Cc1c(C(=O)NC2CC(=O)N(CCc3ccccc3)C2)nc2ccccn12. The van der Waals surface area contributed by atoms with Crippen molar-refractivity contribution < 1.29 is 9.59 Å². The molecule has 1 fully saturated rings. The molecule has 1 N–H and O–H groups in total. The number of rotatable bonds is 5. The third kappa shape index (κ3) is 3.56. The molecule has 1 unspecified atom stereocenters. The lowest BCUT2D eigenvalue weighted by Gasteiger charge is -2.17. The van der Waals surface area contributed by atoms with Crippen molar-refractivity contribution in [1.29, 1.82) is 0 Å². The van der Waals surface area contributed by atoms with Gasteiger partial charge in [0.15, 0.2) is 0 Å². The predicted molar refractivity (Wildman–Crippen MR) is 103 cm³/mol. The Labute approximate surface area is 157 Å². The number of carbonyl (C=O) groups is 2. The van der Waals surface area contributed by atoms with Gasteiger partial charge in [-0.1, -0.05) is 36.4 Å². The lowest BCUT2D eigenvalue weighted by atomic mass is 10.1. The number of imidazole rings is 1. The minimum absolute atomic E-state index is 0.0861. The fraction of sp³-hybridized carbons (Fsp3) is 0.286. The highest BCUT2D eigenvalue weighted by Crippen LogP contribution is 2.15. The maximum Gasteiger partial charge on any atom is 0.272 e.